The molecule has 0 saturated carbocycles. The van der Waals surface area contributed by atoms with Gasteiger partial charge in [-0.3, -0.25) is 0 Å². The highest BCUT2D eigenvalue weighted by molar-refractivity contribution is 5.61. The number of rotatable bonds is 4. The molecule has 2 heteroatoms. The quantitative estimate of drug-likeness (QED) is 0.404. The van der Waals surface area contributed by atoms with Gasteiger partial charge >= 0.3 is 0 Å². The first-order valence-corrected chi connectivity index (χ1v) is 10.2. The molecule has 142 valence electrons. The van der Waals surface area contributed by atoms with Gasteiger partial charge in [0.05, 0.1) is 6.04 Å². The van der Waals surface area contributed by atoms with E-state index in [9.17, 15) is 0 Å². The van der Waals surface area contributed by atoms with Crippen LogP contribution in [0.3, 0.4) is 0 Å². The molecule has 0 bridgehead atoms. The third-order valence-corrected chi connectivity index (χ3v) is 5.69. The second kappa shape index (κ2) is 7.84. The molecule has 29 heavy (non-hydrogen) atoms. The molecule has 0 spiro atoms. The molecule has 2 atom stereocenters. The maximum absolute atomic E-state index is 2.57. The first kappa shape index (κ1) is 17.6. The van der Waals surface area contributed by atoms with Crippen LogP contribution < -0.4 is 9.80 Å². The highest BCUT2D eigenvalue weighted by atomic mass is 15.4. The molecule has 0 amide bonds. The minimum absolute atomic E-state index is 0.131. The minimum atomic E-state index is 0.131. The number of benzene rings is 4. The molecular formula is C27H24N2. The van der Waals surface area contributed by atoms with Crippen molar-refractivity contribution >= 4 is 11.4 Å². The summed E-state index contributed by atoms with van der Waals surface area (Å²) in [4.78, 5) is 5.09. The number of nitrogens with zero attached hydrogens (tertiary/aromatic N) is 2. The van der Waals surface area contributed by atoms with Crippen molar-refractivity contribution in [3.05, 3.63) is 132 Å². The molecule has 1 aliphatic rings. The van der Waals surface area contributed by atoms with Crippen molar-refractivity contribution in [2.24, 2.45) is 0 Å². The van der Waals surface area contributed by atoms with Crippen LogP contribution in [-0.4, -0.2) is 6.54 Å². The zero-order valence-electron chi connectivity index (χ0n) is 16.3. The van der Waals surface area contributed by atoms with Crippen molar-refractivity contribution in [1.82, 2.24) is 0 Å². The van der Waals surface area contributed by atoms with Crippen molar-refractivity contribution in [3.8, 4) is 0 Å². The Balaban J connectivity index is 1.69. The molecule has 0 N–H and O–H groups in total. The Morgan fingerprint density at radius 2 is 0.931 bits per heavy atom. The van der Waals surface area contributed by atoms with Gasteiger partial charge in [0.15, 0.2) is 0 Å². The molecule has 0 aliphatic carbocycles. The van der Waals surface area contributed by atoms with Gasteiger partial charge in [-0.25, -0.2) is 0 Å². The van der Waals surface area contributed by atoms with E-state index in [-0.39, 0.29) is 12.2 Å². The molecular weight excluding hydrogens is 352 g/mol. The molecule has 4 aromatic carbocycles. The topological polar surface area (TPSA) is 6.48 Å². The summed E-state index contributed by atoms with van der Waals surface area (Å²) in [6.07, 6.45) is 0.131. The molecule has 2 unspecified atom stereocenters. The SMILES string of the molecule is c1ccc(C2CN(c3ccccc3)C(c3ccccc3)N2c2ccccc2)cc1. The summed E-state index contributed by atoms with van der Waals surface area (Å²) >= 11 is 0. The first-order valence-electron chi connectivity index (χ1n) is 10.2. The Labute approximate surface area is 172 Å². The van der Waals surface area contributed by atoms with Gasteiger partial charge in [-0.15, -0.1) is 0 Å². The Bertz CT molecular complexity index is 946. The van der Waals surface area contributed by atoms with Crippen molar-refractivity contribution < 1.29 is 0 Å². The van der Waals surface area contributed by atoms with Crippen LogP contribution >= 0.6 is 0 Å². The van der Waals surface area contributed by atoms with E-state index in [2.05, 4.69) is 131 Å². The standard InChI is InChI=1S/C27H24N2/c1-5-13-22(14-6-1)26-21-28(24-17-9-3-10-18-24)27(23-15-7-2-8-16-23)29(26)25-19-11-4-12-20-25/h1-20,26-27H,21H2. The Morgan fingerprint density at radius 1 is 0.483 bits per heavy atom. The average Bonchev–Trinajstić information content (AvgIpc) is 3.22. The normalized spacial score (nSPS) is 18.8. The summed E-state index contributed by atoms with van der Waals surface area (Å²) < 4.78 is 0. The lowest BCUT2D eigenvalue weighted by Crippen LogP contribution is -2.31. The highest BCUT2D eigenvalue weighted by Gasteiger charge is 2.41. The third-order valence-electron chi connectivity index (χ3n) is 5.69. The van der Waals surface area contributed by atoms with Crippen LogP contribution in [0.25, 0.3) is 0 Å². The third kappa shape index (κ3) is 3.38. The summed E-state index contributed by atoms with van der Waals surface area (Å²) in [5, 5.41) is 0. The largest absolute Gasteiger partial charge is 0.345 e. The van der Waals surface area contributed by atoms with Crippen LogP contribution in [0.2, 0.25) is 0 Å². The van der Waals surface area contributed by atoms with Gasteiger partial charge < -0.3 is 9.80 Å². The van der Waals surface area contributed by atoms with Crippen LogP contribution in [0.15, 0.2) is 121 Å². The van der Waals surface area contributed by atoms with E-state index in [1.807, 2.05) is 0 Å². The van der Waals surface area contributed by atoms with Crippen molar-refractivity contribution in [3.63, 3.8) is 0 Å². The van der Waals surface area contributed by atoms with Gasteiger partial charge in [0.1, 0.15) is 6.17 Å². The van der Waals surface area contributed by atoms with Gasteiger partial charge in [0.2, 0.25) is 0 Å². The van der Waals surface area contributed by atoms with E-state index in [1.165, 1.54) is 22.5 Å². The van der Waals surface area contributed by atoms with Crippen LogP contribution in [-0.2, 0) is 0 Å². The maximum atomic E-state index is 2.57. The van der Waals surface area contributed by atoms with Crippen LogP contribution in [0.5, 0.6) is 0 Å². The van der Waals surface area contributed by atoms with Gasteiger partial charge in [0, 0.05) is 17.9 Å². The molecule has 5 rings (SSSR count). The van der Waals surface area contributed by atoms with Gasteiger partial charge in [-0.1, -0.05) is 97.1 Å². The zero-order chi connectivity index (χ0) is 19.5. The Hall–Kier alpha value is -3.52. The maximum Gasteiger partial charge on any atom is 0.129 e. The van der Waals surface area contributed by atoms with Gasteiger partial charge in [-0.05, 0) is 35.4 Å². The summed E-state index contributed by atoms with van der Waals surface area (Å²) in [5.41, 5.74) is 5.14. The minimum Gasteiger partial charge on any atom is -0.345 e. The van der Waals surface area contributed by atoms with Crippen LogP contribution in [0, 0.1) is 0 Å². The molecule has 1 saturated heterocycles. The number of hydrogen-bond acceptors (Lipinski definition) is 2. The summed E-state index contributed by atoms with van der Waals surface area (Å²) in [6.45, 7) is 0.933. The predicted octanol–water partition coefficient (Wildman–Crippen LogP) is 6.45. The van der Waals surface area contributed by atoms with Crippen LogP contribution in [0.1, 0.15) is 23.3 Å². The molecule has 0 radical (unpaired) electrons. The average molecular weight is 377 g/mol. The van der Waals surface area contributed by atoms with E-state index in [1.54, 1.807) is 0 Å². The lowest BCUT2D eigenvalue weighted by molar-refractivity contribution is 0.676. The smallest absolute Gasteiger partial charge is 0.129 e. The van der Waals surface area contributed by atoms with Gasteiger partial charge in [-0.2, -0.15) is 0 Å². The molecule has 1 heterocycles. The van der Waals surface area contributed by atoms with E-state index >= 15 is 0 Å². The summed E-state index contributed by atoms with van der Waals surface area (Å²) in [7, 11) is 0. The fraction of sp³-hybridized carbons (Fsp3) is 0.111. The highest BCUT2D eigenvalue weighted by Crippen LogP contribution is 2.45. The monoisotopic (exact) mass is 376 g/mol. The van der Waals surface area contributed by atoms with E-state index in [0.29, 0.717) is 0 Å². The predicted molar refractivity (Wildman–Crippen MR) is 121 cm³/mol. The number of hydrogen-bond donors (Lipinski definition) is 0. The molecule has 1 fully saturated rings. The summed E-state index contributed by atoms with van der Waals surface area (Å²) in [5.74, 6) is 0. The second-order valence-electron chi connectivity index (χ2n) is 7.44. The molecule has 2 nitrogen and oxygen atoms in total. The molecule has 4 aromatic rings. The Kier molecular flexibility index (Phi) is 4.75. The number of anilines is 2. The first-order chi connectivity index (χ1) is 14.4. The lowest BCUT2D eigenvalue weighted by atomic mass is 10.0. The van der Waals surface area contributed by atoms with E-state index in [0.717, 1.165) is 6.54 Å². The van der Waals surface area contributed by atoms with Crippen molar-refractivity contribution in [2.75, 3.05) is 16.3 Å². The fourth-order valence-corrected chi connectivity index (χ4v) is 4.39. The van der Waals surface area contributed by atoms with E-state index < -0.39 is 0 Å². The Morgan fingerprint density at radius 3 is 1.48 bits per heavy atom. The molecule has 1 aliphatic heterocycles. The van der Waals surface area contributed by atoms with E-state index in [4.69, 9.17) is 0 Å². The fourth-order valence-electron chi connectivity index (χ4n) is 4.39. The molecule has 0 aromatic heterocycles. The second-order valence-corrected chi connectivity index (χ2v) is 7.44. The zero-order valence-corrected chi connectivity index (χ0v) is 16.3. The number of para-hydroxylation sites is 2. The van der Waals surface area contributed by atoms with Gasteiger partial charge in [0.25, 0.3) is 0 Å². The van der Waals surface area contributed by atoms with Crippen molar-refractivity contribution in [2.45, 2.75) is 12.2 Å². The summed E-state index contributed by atoms with van der Waals surface area (Å²) in [6, 6.07) is 43.5. The van der Waals surface area contributed by atoms with Crippen molar-refractivity contribution in [1.29, 1.82) is 0 Å². The van der Waals surface area contributed by atoms with Crippen LogP contribution in [0.4, 0.5) is 11.4 Å². The lowest BCUT2D eigenvalue weighted by Gasteiger charge is -2.35.